The minimum Gasteiger partial charge on any atom is -0.467 e. The van der Waals surface area contributed by atoms with Crippen LogP contribution in [0.25, 0.3) is 0 Å². The van der Waals surface area contributed by atoms with Crippen molar-refractivity contribution in [3.05, 3.63) is 64.7 Å². The number of aliphatic hydroxyl groups excluding tert-OH is 1. The largest absolute Gasteiger partial charge is 0.467 e. The highest BCUT2D eigenvalue weighted by molar-refractivity contribution is 6.31. The van der Waals surface area contributed by atoms with E-state index in [1.54, 1.807) is 12.1 Å². The summed E-state index contributed by atoms with van der Waals surface area (Å²) in [6.07, 6.45) is 0.602. The van der Waals surface area contributed by atoms with Gasteiger partial charge in [-0.2, -0.15) is 0 Å². The van der Waals surface area contributed by atoms with Gasteiger partial charge < -0.3 is 15.2 Å². The van der Waals surface area contributed by atoms with Crippen LogP contribution in [-0.2, 0) is 16.0 Å². The molecule has 116 valence electrons. The fourth-order valence-electron chi connectivity index (χ4n) is 2.15. The number of methoxy groups -OCH3 is 1. The Morgan fingerprint density at radius 3 is 2.50 bits per heavy atom. The molecule has 0 bridgehead atoms. The minimum atomic E-state index is -0.678. The van der Waals surface area contributed by atoms with E-state index in [1.807, 2.05) is 36.4 Å². The summed E-state index contributed by atoms with van der Waals surface area (Å²) in [7, 11) is 1.35. The lowest BCUT2D eigenvalue weighted by molar-refractivity contribution is -0.141. The molecule has 0 heterocycles. The molecule has 0 unspecified atom stereocenters. The standard InChI is InChI=1S/C17H18ClNO3/c1-22-17(21)16(14-4-2-3-5-15(14)18)19-13-8-6-12(7-9-13)10-11-20/h2-9,16,19-20H,10-11H2,1H3/t16-/m0/s1. The highest BCUT2D eigenvalue weighted by atomic mass is 35.5. The van der Waals surface area contributed by atoms with Crippen molar-refractivity contribution in [2.45, 2.75) is 12.5 Å². The molecule has 22 heavy (non-hydrogen) atoms. The van der Waals surface area contributed by atoms with Crippen LogP contribution in [-0.4, -0.2) is 24.8 Å². The normalized spacial score (nSPS) is 11.8. The Kier molecular flexibility index (Phi) is 5.81. The van der Waals surface area contributed by atoms with Crippen LogP contribution in [0.15, 0.2) is 48.5 Å². The lowest BCUT2D eigenvalue weighted by atomic mass is 10.1. The van der Waals surface area contributed by atoms with E-state index in [2.05, 4.69) is 5.32 Å². The van der Waals surface area contributed by atoms with Crippen molar-refractivity contribution in [3.63, 3.8) is 0 Å². The summed E-state index contributed by atoms with van der Waals surface area (Å²) in [4.78, 5) is 12.1. The summed E-state index contributed by atoms with van der Waals surface area (Å²) < 4.78 is 4.86. The Morgan fingerprint density at radius 2 is 1.91 bits per heavy atom. The fourth-order valence-corrected chi connectivity index (χ4v) is 2.40. The first kappa shape index (κ1) is 16.3. The molecule has 0 aliphatic carbocycles. The molecular weight excluding hydrogens is 302 g/mol. The van der Waals surface area contributed by atoms with Crippen LogP contribution in [0.2, 0.25) is 5.02 Å². The lowest BCUT2D eigenvalue weighted by Gasteiger charge is -2.19. The van der Waals surface area contributed by atoms with Gasteiger partial charge in [0.15, 0.2) is 6.04 Å². The quantitative estimate of drug-likeness (QED) is 0.803. The molecule has 0 aromatic heterocycles. The molecule has 1 atom stereocenters. The first-order valence-electron chi connectivity index (χ1n) is 6.94. The zero-order chi connectivity index (χ0) is 15.9. The van der Waals surface area contributed by atoms with Gasteiger partial charge >= 0.3 is 5.97 Å². The van der Waals surface area contributed by atoms with Gasteiger partial charge in [-0.05, 0) is 30.2 Å². The third-order valence-electron chi connectivity index (χ3n) is 3.32. The molecule has 0 amide bonds. The maximum Gasteiger partial charge on any atom is 0.333 e. The molecule has 0 saturated heterocycles. The Balaban J connectivity index is 2.24. The molecule has 2 rings (SSSR count). The van der Waals surface area contributed by atoms with Gasteiger partial charge in [-0.25, -0.2) is 4.79 Å². The van der Waals surface area contributed by atoms with Crippen molar-refractivity contribution in [3.8, 4) is 0 Å². The molecule has 0 radical (unpaired) electrons. The Bertz CT molecular complexity index is 628. The summed E-state index contributed by atoms with van der Waals surface area (Å²) >= 11 is 6.18. The average Bonchev–Trinajstić information content (AvgIpc) is 2.54. The average molecular weight is 320 g/mol. The maximum atomic E-state index is 12.1. The zero-order valence-electron chi connectivity index (χ0n) is 12.3. The monoisotopic (exact) mass is 319 g/mol. The summed E-state index contributed by atoms with van der Waals surface area (Å²) in [6.45, 7) is 0.108. The number of esters is 1. The Labute approximate surface area is 134 Å². The Morgan fingerprint density at radius 1 is 1.23 bits per heavy atom. The molecule has 2 aromatic rings. The van der Waals surface area contributed by atoms with Crippen LogP contribution in [0.3, 0.4) is 0 Å². The van der Waals surface area contributed by atoms with E-state index < -0.39 is 12.0 Å². The number of ether oxygens (including phenoxy) is 1. The van der Waals surface area contributed by atoms with Crippen molar-refractivity contribution in [2.75, 3.05) is 19.0 Å². The number of carbonyl (C=O) groups is 1. The highest BCUT2D eigenvalue weighted by Crippen LogP contribution is 2.27. The predicted molar refractivity (Wildman–Crippen MR) is 87.1 cm³/mol. The third kappa shape index (κ3) is 4.00. The van der Waals surface area contributed by atoms with Crippen molar-refractivity contribution in [2.24, 2.45) is 0 Å². The van der Waals surface area contributed by atoms with Crippen molar-refractivity contribution >= 4 is 23.3 Å². The number of benzene rings is 2. The van der Waals surface area contributed by atoms with Crippen LogP contribution >= 0.6 is 11.6 Å². The Hall–Kier alpha value is -2.04. The van der Waals surface area contributed by atoms with Crippen LogP contribution in [0.5, 0.6) is 0 Å². The minimum absolute atomic E-state index is 0.108. The third-order valence-corrected chi connectivity index (χ3v) is 3.66. The number of hydrogen-bond donors (Lipinski definition) is 2. The van der Waals surface area contributed by atoms with Gasteiger partial charge in [-0.1, -0.05) is 41.9 Å². The molecule has 5 heteroatoms. The topological polar surface area (TPSA) is 58.6 Å². The van der Waals surface area contributed by atoms with E-state index in [4.69, 9.17) is 21.4 Å². The van der Waals surface area contributed by atoms with E-state index in [0.717, 1.165) is 11.3 Å². The number of carbonyl (C=O) groups excluding carboxylic acids is 1. The second-order valence-corrected chi connectivity index (χ2v) is 5.20. The van der Waals surface area contributed by atoms with Crippen LogP contribution in [0.4, 0.5) is 5.69 Å². The second kappa shape index (κ2) is 7.82. The van der Waals surface area contributed by atoms with Crippen LogP contribution < -0.4 is 5.32 Å². The van der Waals surface area contributed by atoms with Crippen LogP contribution in [0.1, 0.15) is 17.2 Å². The smallest absolute Gasteiger partial charge is 0.333 e. The van der Waals surface area contributed by atoms with E-state index in [1.165, 1.54) is 7.11 Å². The number of rotatable bonds is 6. The van der Waals surface area contributed by atoms with Gasteiger partial charge in [-0.15, -0.1) is 0 Å². The van der Waals surface area contributed by atoms with Crippen molar-refractivity contribution < 1.29 is 14.6 Å². The fraction of sp³-hybridized carbons (Fsp3) is 0.235. The SMILES string of the molecule is COC(=O)[C@@H](Nc1ccc(CCO)cc1)c1ccccc1Cl. The first-order valence-corrected chi connectivity index (χ1v) is 7.32. The van der Waals surface area contributed by atoms with Gasteiger partial charge in [-0.3, -0.25) is 0 Å². The number of anilines is 1. The number of nitrogens with one attached hydrogen (secondary N) is 1. The molecule has 0 spiro atoms. The maximum absolute atomic E-state index is 12.1. The summed E-state index contributed by atoms with van der Waals surface area (Å²) in [5, 5.41) is 12.6. The molecule has 0 saturated carbocycles. The molecular formula is C17H18ClNO3. The second-order valence-electron chi connectivity index (χ2n) is 4.79. The predicted octanol–water partition coefficient (Wildman–Crippen LogP) is 3.20. The van der Waals surface area contributed by atoms with E-state index >= 15 is 0 Å². The molecule has 0 aliphatic heterocycles. The zero-order valence-corrected chi connectivity index (χ0v) is 13.0. The van der Waals surface area contributed by atoms with Crippen LogP contribution in [0, 0.1) is 0 Å². The molecule has 0 aliphatic rings. The molecule has 2 N–H and O–H groups in total. The van der Waals surface area contributed by atoms with Gasteiger partial charge in [0.1, 0.15) is 0 Å². The van der Waals surface area contributed by atoms with E-state index in [-0.39, 0.29) is 6.61 Å². The molecule has 4 nitrogen and oxygen atoms in total. The van der Waals surface area contributed by atoms with Gasteiger partial charge in [0, 0.05) is 22.9 Å². The number of hydrogen-bond acceptors (Lipinski definition) is 4. The van der Waals surface area contributed by atoms with Gasteiger partial charge in [0.05, 0.1) is 7.11 Å². The summed E-state index contributed by atoms with van der Waals surface area (Å²) in [5.41, 5.74) is 2.47. The number of halogens is 1. The summed E-state index contributed by atoms with van der Waals surface area (Å²) in [6, 6.07) is 14.0. The first-order chi connectivity index (χ1) is 10.7. The molecule has 2 aromatic carbocycles. The highest BCUT2D eigenvalue weighted by Gasteiger charge is 2.23. The van der Waals surface area contributed by atoms with Gasteiger partial charge in [0.25, 0.3) is 0 Å². The van der Waals surface area contributed by atoms with E-state index in [9.17, 15) is 4.79 Å². The van der Waals surface area contributed by atoms with Gasteiger partial charge in [0.2, 0.25) is 0 Å². The summed E-state index contributed by atoms with van der Waals surface area (Å²) in [5.74, 6) is -0.410. The molecule has 0 fully saturated rings. The number of aliphatic hydroxyl groups is 1. The van der Waals surface area contributed by atoms with E-state index in [0.29, 0.717) is 17.0 Å². The van der Waals surface area contributed by atoms with Crippen molar-refractivity contribution in [1.82, 2.24) is 0 Å². The van der Waals surface area contributed by atoms with Crippen molar-refractivity contribution in [1.29, 1.82) is 0 Å². The lowest BCUT2D eigenvalue weighted by Crippen LogP contribution is -2.22.